The van der Waals surface area contributed by atoms with Crippen LogP contribution in [0.2, 0.25) is 0 Å². The molecular formula is C16H18BrN. The summed E-state index contributed by atoms with van der Waals surface area (Å²) in [4.78, 5) is 0. The van der Waals surface area contributed by atoms with Gasteiger partial charge in [0, 0.05) is 22.3 Å². The van der Waals surface area contributed by atoms with E-state index in [9.17, 15) is 0 Å². The molecule has 0 saturated heterocycles. The van der Waals surface area contributed by atoms with E-state index in [1.807, 2.05) is 6.07 Å². The maximum atomic E-state index is 3.54. The Hall–Kier alpha value is -1.28. The highest BCUT2D eigenvalue weighted by Crippen LogP contribution is 2.30. The maximum absolute atomic E-state index is 3.54. The summed E-state index contributed by atoms with van der Waals surface area (Å²) in [5.74, 6) is 0. The molecule has 2 aromatic carbocycles. The lowest BCUT2D eigenvalue weighted by Gasteiger charge is -2.12. The van der Waals surface area contributed by atoms with E-state index in [1.54, 1.807) is 0 Å². The Balaban J connectivity index is 2.29. The van der Waals surface area contributed by atoms with Gasteiger partial charge >= 0.3 is 0 Å². The zero-order chi connectivity index (χ0) is 12.8. The lowest BCUT2D eigenvalue weighted by Crippen LogP contribution is -2.02. The summed E-state index contributed by atoms with van der Waals surface area (Å²) >= 11 is 3.54. The summed E-state index contributed by atoms with van der Waals surface area (Å²) in [5.41, 5.74) is 3.71. The minimum atomic E-state index is 1.02. The van der Waals surface area contributed by atoms with Crippen LogP contribution in [0.5, 0.6) is 0 Å². The highest BCUT2D eigenvalue weighted by Gasteiger charge is 2.04. The lowest BCUT2D eigenvalue weighted by atomic mass is 10.0. The van der Waals surface area contributed by atoms with Crippen molar-refractivity contribution in [3.05, 3.63) is 53.0 Å². The topological polar surface area (TPSA) is 12.0 Å². The molecule has 0 atom stereocenters. The Labute approximate surface area is 117 Å². The van der Waals surface area contributed by atoms with Gasteiger partial charge in [0.25, 0.3) is 0 Å². The van der Waals surface area contributed by atoms with Gasteiger partial charge in [-0.05, 0) is 24.1 Å². The first-order valence-electron chi connectivity index (χ1n) is 6.40. The maximum Gasteiger partial charge on any atom is 0.0431 e. The van der Waals surface area contributed by atoms with Crippen LogP contribution >= 0.6 is 15.9 Å². The number of nitrogens with one attached hydrogen (secondary N) is 1. The quantitative estimate of drug-likeness (QED) is 0.736. The summed E-state index contributed by atoms with van der Waals surface area (Å²) in [6.45, 7) is 3.23. The van der Waals surface area contributed by atoms with Crippen molar-refractivity contribution in [2.24, 2.45) is 0 Å². The van der Waals surface area contributed by atoms with Gasteiger partial charge in [0.2, 0.25) is 0 Å². The smallest absolute Gasteiger partial charge is 0.0431 e. The molecule has 0 unspecified atom stereocenters. The molecule has 0 aliphatic heterocycles. The van der Waals surface area contributed by atoms with Crippen molar-refractivity contribution >= 4 is 21.6 Å². The molecule has 0 fully saturated rings. The predicted molar refractivity (Wildman–Crippen MR) is 83.0 cm³/mol. The lowest BCUT2D eigenvalue weighted by molar-refractivity contribution is 0.834. The molecule has 2 aromatic rings. The van der Waals surface area contributed by atoms with E-state index in [1.165, 1.54) is 29.7 Å². The van der Waals surface area contributed by atoms with E-state index in [2.05, 4.69) is 70.6 Å². The number of hydrogen-bond acceptors (Lipinski definition) is 1. The molecule has 0 aromatic heterocycles. The average Bonchev–Trinajstić information content (AvgIpc) is 2.40. The van der Waals surface area contributed by atoms with Gasteiger partial charge in [0.15, 0.2) is 0 Å². The van der Waals surface area contributed by atoms with Crippen molar-refractivity contribution in [2.45, 2.75) is 19.8 Å². The van der Waals surface area contributed by atoms with Crippen molar-refractivity contribution in [1.29, 1.82) is 0 Å². The van der Waals surface area contributed by atoms with E-state index in [-0.39, 0.29) is 0 Å². The molecule has 0 radical (unpaired) electrons. The van der Waals surface area contributed by atoms with E-state index in [0.29, 0.717) is 0 Å². The summed E-state index contributed by atoms with van der Waals surface area (Å²) in [5, 5.41) is 3.52. The fourth-order valence-electron chi connectivity index (χ4n) is 1.93. The summed E-state index contributed by atoms with van der Waals surface area (Å²) < 4.78 is 1.11. The predicted octanol–water partition coefficient (Wildman–Crippen LogP) is 5.33. The Morgan fingerprint density at radius 2 is 1.83 bits per heavy atom. The second-order valence-corrected chi connectivity index (χ2v) is 5.25. The van der Waals surface area contributed by atoms with Crippen LogP contribution in [0, 0.1) is 0 Å². The standard InChI is InChI=1S/C16H18BrN/c1-2-3-11-18-16-12-14(17)9-10-15(16)13-7-5-4-6-8-13/h4-10,12,18H,2-3,11H2,1H3. The summed E-state index contributed by atoms with van der Waals surface area (Å²) in [6.07, 6.45) is 2.41. The van der Waals surface area contributed by atoms with Gasteiger partial charge in [-0.3, -0.25) is 0 Å². The number of unbranched alkanes of at least 4 members (excludes halogenated alkanes) is 1. The normalized spacial score (nSPS) is 10.3. The van der Waals surface area contributed by atoms with Gasteiger partial charge < -0.3 is 5.32 Å². The second kappa shape index (κ2) is 6.60. The largest absolute Gasteiger partial charge is 0.385 e. The average molecular weight is 304 g/mol. The van der Waals surface area contributed by atoms with E-state index in [4.69, 9.17) is 0 Å². The van der Waals surface area contributed by atoms with Gasteiger partial charge in [-0.25, -0.2) is 0 Å². The minimum absolute atomic E-state index is 1.02. The number of halogens is 1. The highest BCUT2D eigenvalue weighted by atomic mass is 79.9. The molecular weight excluding hydrogens is 286 g/mol. The number of hydrogen-bond donors (Lipinski definition) is 1. The molecule has 1 nitrogen and oxygen atoms in total. The molecule has 0 aliphatic carbocycles. The van der Waals surface area contributed by atoms with Crippen molar-refractivity contribution in [3.63, 3.8) is 0 Å². The Morgan fingerprint density at radius 3 is 2.56 bits per heavy atom. The molecule has 0 bridgehead atoms. The molecule has 2 rings (SSSR count). The third kappa shape index (κ3) is 3.36. The van der Waals surface area contributed by atoms with E-state index in [0.717, 1.165) is 11.0 Å². The van der Waals surface area contributed by atoms with Gasteiger partial charge in [-0.1, -0.05) is 65.7 Å². The van der Waals surface area contributed by atoms with Gasteiger partial charge in [0.1, 0.15) is 0 Å². The first kappa shape index (κ1) is 13.2. The van der Waals surface area contributed by atoms with Crippen molar-refractivity contribution in [2.75, 3.05) is 11.9 Å². The highest BCUT2D eigenvalue weighted by molar-refractivity contribution is 9.10. The minimum Gasteiger partial charge on any atom is -0.385 e. The van der Waals surface area contributed by atoms with Crippen LogP contribution in [0.25, 0.3) is 11.1 Å². The molecule has 2 heteroatoms. The van der Waals surface area contributed by atoms with E-state index >= 15 is 0 Å². The number of anilines is 1. The fourth-order valence-corrected chi connectivity index (χ4v) is 2.29. The summed E-state index contributed by atoms with van der Waals surface area (Å²) in [6, 6.07) is 16.9. The van der Waals surface area contributed by atoms with Crippen LogP contribution in [0.3, 0.4) is 0 Å². The molecule has 0 aliphatic rings. The Kier molecular flexibility index (Phi) is 4.82. The van der Waals surface area contributed by atoms with Crippen LogP contribution in [0.1, 0.15) is 19.8 Å². The zero-order valence-corrected chi connectivity index (χ0v) is 12.2. The van der Waals surface area contributed by atoms with E-state index < -0.39 is 0 Å². The Bertz CT molecular complexity index is 494. The van der Waals surface area contributed by atoms with Crippen molar-refractivity contribution in [1.82, 2.24) is 0 Å². The second-order valence-electron chi connectivity index (χ2n) is 4.34. The number of benzene rings is 2. The summed E-state index contributed by atoms with van der Waals surface area (Å²) in [7, 11) is 0. The van der Waals surface area contributed by atoms with Gasteiger partial charge in [-0.15, -0.1) is 0 Å². The monoisotopic (exact) mass is 303 g/mol. The molecule has 0 spiro atoms. The molecule has 94 valence electrons. The van der Waals surface area contributed by atoms with Gasteiger partial charge in [0.05, 0.1) is 0 Å². The molecule has 0 saturated carbocycles. The van der Waals surface area contributed by atoms with Crippen LogP contribution in [0.15, 0.2) is 53.0 Å². The van der Waals surface area contributed by atoms with Crippen LogP contribution in [-0.2, 0) is 0 Å². The number of rotatable bonds is 5. The molecule has 1 N–H and O–H groups in total. The third-order valence-corrected chi connectivity index (χ3v) is 3.41. The molecule has 0 amide bonds. The van der Waals surface area contributed by atoms with Crippen LogP contribution in [-0.4, -0.2) is 6.54 Å². The first-order valence-corrected chi connectivity index (χ1v) is 7.19. The van der Waals surface area contributed by atoms with Crippen LogP contribution < -0.4 is 5.32 Å². The van der Waals surface area contributed by atoms with Crippen molar-refractivity contribution in [3.8, 4) is 11.1 Å². The van der Waals surface area contributed by atoms with Crippen LogP contribution in [0.4, 0.5) is 5.69 Å². The molecule has 0 heterocycles. The fraction of sp³-hybridized carbons (Fsp3) is 0.250. The SMILES string of the molecule is CCCCNc1cc(Br)ccc1-c1ccccc1. The molecule has 18 heavy (non-hydrogen) atoms. The Morgan fingerprint density at radius 1 is 1.06 bits per heavy atom. The van der Waals surface area contributed by atoms with Gasteiger partial charge in [-0.2, -0.15) is 0 Å². The van der Waals surface area contributed by atoms with Crippen molar-refractivity contribution < 1.29 is 0 Å². The first-order chi connectivity index (χ1) is 8.81. The zero-order valence-electron chi connectivity index (χ0n) is 10.6. The third-order valence-electron chi connectivity index (χ3n) is 2.91.